The van der Waals surface area contributed by atoms with E-state index >= 15 is 0 Å². The number of phenolic OH excluding ortho intramolecular Hbond substituents is 1. The van der Waals surface area contributed by atoms with Crippen molar-refractivity contribution in [2.75, 3.05) is 23.0 Å². The average Bonchev–Trinajstić information content (AvgIpc) is 3.40. The van der Waals surface area contributed by atoms with E-state index in [2.05, 4.69) is 21.1 Å². The molecule has 3 heterocycles. The van der Waals surface area contributed by atoms with Gasteiger partial charge in [-0.3, -0.25) is 9.71 Å². The number of thiocarbonyl (C=S) groups is 1. The van der Waals surface area contributed by atoms with Gasteiger partial charge in [-0.05, 0) is 86.2 Å². The summed E-state index contributed by atoms with van der Waals surface area (Å²) in [6.45, 7) is 3.93. The van der Waals surface area contributed by atoms with Gasteiger partial charge in [0.2, 0.25) is 10.0 Å². The maximum atomic E-state index is 12.1. The molecule has 0 aliphatic carbocycles. The van der Waals surface area contributed by atoms with Crippen molar-refractivity contribution in [2.45, 2.75) is 25.9 Å². The van der Waals surface area contributed by atoms with Crippen LogP contribution in [0.5, 0.6) is 11.5 Å². The van der Waals surface area contributed by atoms with Crippen molar-refractivity contribution in [3.63, 3.8) is 0 Å². The zero-order chi connectivity index (χ0) is 28.8. The lowest BCUT2D eigenvalue weighted by molar-refractivity contribution is 0.417. The van der Waals surface area contributed by atoms with E-state index in [0.29, 0.717) is 32.9 Å². The Morgan fingerprint density at radius 2 is 1.90 bits per heavy atom. The van der Waals surface area contributed by atoms with Crippen molar-refractivity contribution in [3.05, 3.63) is 94.5 Å². The summed E-state index contributed by atoms with van der Waals surface area (Å²) in [5.41, 5.74) is 5.00. The number of ether oxygens (including phenoxy) is 1. The third-order valence-corrected chi connectivity index (χ3v) is 7.96. The Morgan fingerprint density at radius 1 is 1.12 bits per heavy atom. The van der Waals surface area contributed by atoms with Crippen LogP contribution in [0.25, 0.3) is 5.69 Å². The van der Waals surface area contributed by atoms with Crippen LogP contribution in [-0.4, -0.2) is 41.6 Å². The first kappa shape index (κ1) is 27.8. The van der Waals surface area contributed by atoms with Gasteiger partial charge in [0.05, 0.1) is 42.5 Å². The molecule has 1 aliphatic rings. The lowest BCUT2D eigenvalue weighted by Crippen LogP contribution is -2.29. The van der Waals surface area contributed by atoms with Gasteiger partial charge in [0, 0.05) is 28.3 Å². The molecule has 3 N–H and O–H groups in total. The fourth-order valence-electron chi connectivity index (χ4n) is 5.21. The van der Waals surface area contributed by atoms with Crippen molar-refractivity contribution in [1.29, 1.82) is 0 Å². The van der Waals surface area contributed by atoms with Crippen LogP contribution in [-0.2, 0) is 10.0 Å². The summed E-state index contributed by atoms with van der Waals surface area (Å²) >= 11 is 12.1. The molecule has 4 aromatic rings. The highest BCUT2D eigenvalue weighted by molar-refractivity contribution is 7.92. The van der Waals surface area contributed by atoms with Gasteiger partial charge in [0.1, 0.15) is 11.5 Å². The maximum Gasteiger partial charge on any atom is 0.229 e. The number of hydrogen-bond donors (Lipinski definition) is 3. The third kappa shape index (κ3) is 5.19. The number of halogens is 1. The molecule has 40 heavy (non-hydrogen) atoms. The van der Waals surface area contributed by atoms with Crippen molar-refractivity contribution >= 4 is 50.3 Å². The van der Waals surface area contributed by atoms with Crippen LogP contribution in [0.4, 0.5) is 11.4 Å². The van der Waals surface area contributed by atoms with E-state index in [1.165, 1.54) is 7.11 Å². The highest BCUT2D eigenvalue weighted by Gasteiger charge is 2.42. The molecule has 12 heteroatoms. The number of sulfonamides is 1. The van der Waals surface area contributed by atoms with Gasteiger partial charge in [0.15, 0.2) is 5.11 Å². The fourth-order valence-corrected chi connectivity index (χ4v) is 6.28. The minimum atomic E-state index is -3.58. The summed E-state index contributed by atoms with van der Waals surface area (Å²) < 4.78 is 34.1. The Morgan fingerprint density at radius 3 is 2.58 bits per heavy atom. The SMILES string of the molecule is COc1ccc(N2C(=S)N[C@@H](c3ccccn3)[C@H]2c2cc(C)n(-c3cc(Cl)ccc3O)c2C)cc1NS(C)(=O)=O. The second-order valence-corrected chi connectivity index (χ2v) is 12.1. The lowest BCUT2D eigenvalue weighted by atomic mass is 9.96. The number of rotatable bonds is 7. The minimum absolute atomic E-state index is 0.0996. The van der Waals surface area contributed by atoms with E-state index in [-0.39, 0.29) is 17.8 Å². The van der Waals surface area contributed by atoms with Gasteiger partial charge < -0.3 is 24.6 Å². The second-order valence-electron chi connectivity index (χ2n) is 9.55. The van der Waals surface area contributed by atoms with E-state index < -0.39 is 10.0 Å². The number of pyridine rings is 1. The van der Waals surface area contributed by atoms with Crippen molar-refractivity contribution in [2.24, 2.45) is 0 Å². The Kier molecular flexibility index (Phi) is 7.38. The van der Waals surface area contributed by atoms with Crippen LogP contribution in [0.1, 0.15) is 34.7 Å². The predicted octanol–water partition coefficient (Wildman–Crippen LogP) is 5.41. The topological polar surface area (TPSA) is 109 Å². The first-order valence-electron chi connectivity index (χ1n) is 12.3. The first-order valence-corrected chi connectivity index (χ1v) is 15.0. The van der Waals surface area contributed by atoms with Crippen molar-refractivity contribution < 1.29 is 18.3 Å². The smallest absolute Gasteiger partial charge is 0.229 e. The van der Waals surface area contributed by atoms with Crippen LogP contribution < -0.4 is 19.7 Å². The molecular weight excluding hydrogens is 570 g/mol. The Labute approximate surface area is 243 Å². The summed E-state index contributed by atoms with van der Waals surface area (Å²) in [5, 5.41) is 15.1. The highest BCUT2D eigenvalue weighted by atomic mass is 35.5. The molecule has 1 fully saturated rings. The zero-order valence-corrected chi connectivity index (χ0v) is 24.6. The molecule has 0 amide bonds. The summed E-state index contributed by atoms with van der Waals surface area (Å²) in [6.07, 6.45) is 2.82. The largest absolute Gasteiger partial charge is 0.506 e. The zero-order valence-electron chi connectivity index (χ0n) is 22.2. The molecular formula is C28H28ClN5O4S2. The van der Waals surface area contributed by atoms with E-state index in [0.717, 1.165) is 28.9 Å². The number of aromatic nitrogens is 2. The first-order chi connectivity index (χ1) is 19.0. The normalized spacial score (nSPS) is 17.1. The highest BCUT2D eigenvalue weighted by Crippen LogP contribution is 2.45. The van der Waals surface area contributed by atoms with Gasteiger partial charge in [-0.25, -0.2) is 8.42 Å². The predicted molar refractivity (Wildman–Crippen MR) is 161 cm³/mol. The van der Waals surface area contributed by atoms with Gasteiger partial charge in [-0.2, -0.15) is 0 Å². The number of hydrogen-bond acceptors (Lipinski definition) is 6. The Balaban J connectivity index is 1.70. The van der Waals surface area contributed by atoms with Gasteiger partial charge in [-0.1, -0.05) is 17.7 Å². The van der Waals surface area contributed by atoms with Gasteiger partial charge in [-0.15, -0.1) is 0 Å². The van der Waals surface area contributed by atoms with Crippen LogP contribution in [0.2, 0.25) is 5.02 Å². The molecule has 208 valence electrons. The molecule has 1 saturated heterocycles. The molecule has 0 radical (unpaired) electrons. The van der Waals surface area contributed by atoms with Crippen LogP contribution in [0.15, 0.2) is 66.9 Å². The maximum absolute atomic E-state index is 12.1. The average molecular weight is 598 g/mol. The monoisotopic (exact) mass is 597 g/mol. The van der Waals surface area contributed by atoms with Crippen LogP contribution in [0.3, 0.4) is 0 Å². The summed E-state index contributed by atoms with van der Waals surface area (Å²) in [4.78, 5) is 6.56. The number of nitrogens with zero attached hydrogens (tertiary/aromatic N) is 3. The molecule has 2 aromatic heterocycles. The number of aromatic hydroxyl groups is 1. The number of aryl methyl sites for hydroxylation is 1. The summed E-state index contributed by atoms with van der Waals surface area (Å²) in [6, 6.07) is 17.2. The molecule has 1 aliphatic heterocycles. The Bertz CT molecular complexity index is 1710. The van der Waals surface area contributed by atoms with E-state index in [4.69, 9.17) is 28.6 Å². The number of benzene rings is 2. The van der Waals surface area contributed by atoms with Crippen molar-refractivity contribution in [3.8, 4) is 17.2 Å². The Hall–Kier alpha value is -3.80. The third-order valence-electron chi connectivity index (χ3n) is 6.82. The number of methoxy groups -OCH3 is 1. The summed E-state index contributed by atoms with van der Waals surface area (Å²) in [7, 11) is -2.10. The standard InChI is InChI=1S/C28H28ClN5O4S2/c1-16-13-20(17(2)33(16)23-14-18(29)8-10-24(23)35)27-26(21-7-5-6-12-30-21)31-28(39)34(27)19-9-11-25(38-3)22(15-19)32-40(4,36)37/h5-15,26-27,32,35H,1-4H3,(H,31,39)/t26-,27+/m0/s1. The van der Waals surface area contributed by atoms with Crippen LogP contribution >= 0.6 is 23.8 Å². The van der Waals surface area contributed by atoms with Gasteiger partial charge in [0.25, 0.3) is 0 Å². The van der Waals surface area contributed by atoms with Crippen LogP contribution in [0, 0.1) is 13.8 Å². The molecule has 2 atom stereocenters. The molecule has 0 bridgehead atoms. The van der Waals surface area contributed by atoms with Gasteiger partial charge >= 0.3 is 0 Å². The minimum Gasteiger partial charge on any atom is -0.506 e. The molecule has 9 nitrogen and oxygen atoms in total. The van der Waals surface area contributed by atoms with E-state index in [9.17, 15) is 13.5 Å². The molecule has 0 saturated carbocycles. The van der Waals surface area contributed by atoms with E-state index in [1.54, 1.807) is 36.5 Å². The quantitative estimate of drug-likeness (QED) is 0.243. The molecule has 5 rings (SSSR count). The summed E-state index contributed by atoms with van der Waals surface area (Å²) in [5.74, 6) is 0.474. The van der Waals surface area contributed by atoms with Crippen molar-refractivity contribution in [1.82, 2.24) is 14.9 Å². The fraction of sp³-hybridized carbons (Fsp3) is 0.214. The second kappa shape index (κ2) is 10.6. The molecule has 2 aromatic carbocycles. The molecule has 0 unspecified atom stereocenters. The number of phenols is 1. The lowest BCUT2D eigenvalue weighted by Gasteiger charge is -2.29. The number of anilines is 2. The van der Waals surface area contributed by atoms with E-state index in [1.807, 2.05) is 47.6 Å². The number of nitrogens with one attached hydrogen (secondary N) is 2. The molecule has 0 spiro atoms.